The Morgan fingerprint density at radius 3 is 2.64 bits per heavy atom. The number of rotatable bonds is 3. The van der Waals surface area contributed by atoms with Crippen molar-refractivity contribution in [1.82, 2.24) is 10.3 Å². The van der Waals surface area contributed by atoms with Crippen molar-refractivity contribution in [1.29, 1.82) is 0 Å². The third-order valence-electron chi connectivity index (χ3n) is 8.78. The SMILES string of the molecule is CC.CCN1CC2(C)CC34c5c(C)ccc(O)c5OC3/C(=N\NC(=O)c3ccccc3)CCC4(O)C12. The number of nitrogens with one attached hydrogen (secondary N) is 1. The molecule has 2 saturated carbocycles. The normalized spacial score (nSPS) is 34.8. The number of hydrazone groups is 1. The molecule has 4 aliphatic rings. The molecule has 7 heteroatoms. The molecule has 1 amide bonds. The Morgan fingerprint density at radius 2 is 1.94 bits per heavy atom. The summed E-state index contributed by atoms with van der Waals surface area (Å²) in [5.41, 5.74) is 4.02. The van der Waals surface area contributed by atoms with Crippen LogP contribution in [0.4, 0.5) is 0 Å². The number of fused-ring (bicyclic) bond motifs is 3. The number of likely N-dealkylation sites (tertiary alicyclic amines) is 1. The summed E-state index contributed by atoms with van der Waals surface area (Å²) in [5.74, 6) is 0.240. The van der Waals surface area contributed by atoms with E-state index in [0.29, 0.717) is 29.9 Å². The maximum Gasteiger partial charge on any atom is 0.271 e. The zero-order valence-electron chi connectivity index (χ0n) is 21.8. The summed E-state index contributed by atoms with van der Waals surface area (Å²) >= 11 is 0. The molecular weight excluding hydrogens is 454 g/mol. The lowest BCUT2D eigenvalue weighted by atomic mass is 9.58. The molecule has 192 valence electrons. The third kappa shape index (κ3) is 3.12. The number of aliphatic hydroxyl groups is 1. The van der Waals surface area contributed by atoms with Gasteiger partial charge in [0.25, 0.3) is 5.91 Å². The van der Waals surface area contributed by atoms with Gasteiger partial charge in [-0.05, 0) is 61.9 Å². The molecule has 2 aromatic rings. The fourth-order valence-electron chi connectivity index (χ4n) is 7.70. The largest absolute Gasteiger partial charge is 0.504 e. The first-order chi connectivity index (χ1) is 17.2. The number of hydrogen-bond donors (Lipinski definition) is 3. The highest BCUT2D eigenvalue weighted by atomic mass is 16.5. The highest BCUT2D eigenvalue weighted by molar-refractivity contribution is 5.98. The van der Waals surface area contributed by atoms with Crippen molar-refractivity contribution in [2.45, 2.75) is 77.0 Å². The van der Waals surface area contributed by atoms with E-state index in [0.717, 1.165) is 30.6 Å². The van der Waals surface area contributed by atoms with Crippen LogP contribution in [0.2, 0.25) is 0 Å². The van der Waals surface area contributed by atoms with Crippen LogP contribution in [0.15, 0.2) is 47.6 Å². The first-order valence-electron chi connectivity index (χ1n) is 13.1. The Balaban J connectivity index is 0.00000130. The molecule has 36 heavy (non-hydrogen) atoms. The monoisotopic (exact) mass is 491 g/mol. The number of likely N-dealkylation sites (N-methyl/N-ethyl adjacent to an activating group) is 1. The number of hydrogen-bond acceptors (Lipinski definition) is 6. The van der Waals surface area contributed by atoms with Crippen molar-refractivity contribution in [3.05, 3.63) is 59.2 Å². The van der Waals surface area contributed by atoms with Crippen LogP contribution in [-0.4, -0.2) is 57.6 Å². The van der Waals surface area contributed by atoms with Gasteiger partial charge in [0.05, 0.1) is 16.7 Å². The minimum absolute atomic E-state index is 0.0178. The molecule has 2 aromatic carbocycles. The first-order valence-corrected chi connectivity index (χ1v) is 13.1. The number of aromatic hydroxyl groups is 1. The lowest BCUT2D eigenvalue weighted by Gasteiger charge is -2.58. The van der Waals surface area contributed by atoms with Crippen molar-refractivity contribution in [3.63, 3.8) is 0 Å². The molecule has 3 N–H and O–H groups in total. The summed E-state index contributed by atoms with van der Waals surface area (Å²) in [5, 5.41) is 27.8. The maximum absolute atomic E-state index is 12.7. The molecule has 7 nitrogen and oxygen atoms in total. The molecule has 5 atom stereocenters. The topological polar surface area (TPSA) is 94.4 Å². The molecule has 0 bridgehead atoms. The van der Waals surface area contributed by atoms with Gasteiger partial charge in [0.15, 0.2) is 17.6 Å². The van der Waals surface area contributed by atoms with Crippen LogP contribution in [-0.2, 0) is 5.41 Å². The van der Waals surface area contributed by atoms with E-state index in [9.17, 15) is 15.0 Å². The van der Waals surface area contributed by atoms with Crippen LogP contribution in [0, 0.1) is 12.3 Å². The van der Waals surface area contributed by atoms with Gasteiger partial charge in [0.2, 0.25) is 0 Å². The standard InChI is InChI=1S/C27H31N3O4.C2H6/c1-4-30-15-25(3)14-26-20-16(2)10-11-19(31)21(20)34-22(26)18(12-13-27(26,33)24(25)30)28-29-23(32)17-8-6-5-7-9-17;1-2/h5-11,22,24,31,33H,4,12-15H2,1-3H3,(H,29,32);1-2H3/b28-18-;. The van der Waals surface area contributed by atoms with E-state index in [-0.39, 0.29) is 23.1 Å². The fourth-order valence-corrected chi connectivity index (χ4v) is 7.70. The second-order valence-electron chi connectivity index (χ2n) is 10.7. The van der Waals surface area contributed by atoms with E-state index in [2.05, 4.69) is 29.3 Å². The van der Waals surface area contributed by atoms with Crippen molar-refractivity contribution in [3.8, 4) is 11.5 Å². The molecule has 1 spiro atoms. The number of benzene rings is 2. The molecule has 1 saturated heterocycles. The van der Waals surface area contributed by atoms with Crippen LogP contribution in [0.25, 0.3) is 0 Å². The predicted molar refractivity (Wildman–Crippen MR) is 140 cm³/mol. The van der Waals surface area contributed by atoms with Gasteiger partial charge in [-0.3, -0.25) is 9.69 Å². The van der Waals surface area contributed by atoms with Crippen molar-refractivity contribution in [2.24, 2.45) is 10.5 Å². The zero-order valence-corrected chi connectivity index (χ0v) is 21.8. The molecule has 5 unspecified atom stereocenters. The van der Waals surface area contributed by atoms with Crippen LogP contribution in [0.5, 0.6) is 11.5 Å². The van der Waals surface area contributed by atoms with Gasteiger partial charge in [-0.2, -0.15) is 5.10 Å². The Labute approximate surface area is 213 Å². The number of carbonyl (C=O) groups is 1. The molecule has 2 heterocycles. The molecule has 2 aliphatic carbocycles. The Kier molecular flexibility index (Phi) is 5.92. The fraction of sp³-hybridized carbons (Fsp3) is 0.517. The van der Waals surface area contributed by atoms with E-state index in [4.69, 9.17) is 4.74 Å². The van der Waals surface area contributed by atoms with Gasteiger partial charge in [0.1, 0.15) is 0 Å². The Bertz CT molecular complexity index is 1210. The van der Waals surface area contributed by atoms with E-state index in [1.54, 1.807) is 18.2 Å². The molecule has 0 aromatic heterocycles. The predicted octanol–water partition coefficient (Wildman–Crippen LogP) is 4.15. The number of phenols is 1. The number of carbonyl (C=O) groups excluding carboxylic acids is 1. The third-order valence-corrected chi connectivity index (χ3v) is 8.78. The molecular formula is C29H37N3O4. The van der Waals surface area contributed by atoms with E-state index in [1.165, 1.54) is 0 Å². The van der Waals surface area contributed by atoms with Crippen molar-refractivity contribution in [2.75, 3.05) is 13.1 Å². The van der Waals surface area contributed by atoms with Crippen LogP contribution < -0.4 is 10.2 Å². The molecule has 6 rings (SSSR count). The van der Waals surface area contributed by atoms with E-state index >= 15 is 0 Å². The second-order valence-corrected chi connectivity index (χ2v) is 10.7. The van der Waals surface area contributed by atoms with Gasteiger partial charge in [-0.15, -0.1) is 0 Å². The lowest BCUT2D eigenvalue weighted by molar-refractivity contribution is -0.150. The molecule has 0 radical (unpaired) electrons. The quantitative estimate of drug-likeness (QED) is 0.561. The van der Waals surface area contributed by atoms with Crippen LogP contribution in [0.3, 0.4) is 0 Å². The van der Waals surface area contributed by atoms with Crippen molar-refractivity contribution >= 4 is 11.6 Å². The first kappa shape index (κ1) is 24.8. The number of aryl methyl sites for hydroxylation is 1. The number of phenolic OH excluding ortho intramolecular Hbond substituents is 1. The summed E-state index contributed by atoms with van der Waals surface area (Å²) in [6.45, 7) is 12.2. The summed E-state index contributed by atoms with van der Waals surface area (Å²) < 4.78 is 6.47. The summed E-state index contributed by atoms with van der Waals surface area (Å²) in [4.78, 5) is 15.0. The zero-order chi connectivity index (χ0) is 25.9. The number of ether oxygens (including phenoxy) is 1. The van der Waals surface area contributed by atoms with E-state index in [1.807, 2.05) is 45.0 Å². The Hall–Kier alpha value is -2.90. The number of amides is 1. The summed E-state index contributed by atoms with van der Waals surface area (Å²) in [6, 6.07) is 12.6. The summed E-state index contributed by atoms with van der Waals surface area (Å²) in [7, 11) is 0. The van der Waals surface area contributed by atoms with Gasteiger partial charge < -0.3 is 14.9 Å². The highest BCUT2D eigenvalue weighted by Gasteiger charge is 2.80. The van der Waals surface area contributed by atoms with Gasteiger partial charge in [-0.1, -0.05) is 52.0 Å². The summed E-state index contributed by atoms with van der Waals surface area (Å²) in [6.07, 6.45) is 1.23. The second kappa shape index (κ2) is 8.60. The minimum Gasteiger partial charge on any atom is -0.504 e. The molecule has 3 fully saturated rings. The van der Waals surface area contributed by atoms with E-state index < -0.39 is 17.1 Å². The minimum atomic E-state index is -1.02. The van der Waals surface area contributed by atoms with Gasteiger partial charge in [0, 0.05) is 23.7 Å². The van der Waals surface area contributed by atoms with Crippen LogP contribution in [0.1, 0.15) is 68.4 Å². The lowest BCUT2D eigenvalue weighted by Crippen LogP contribution is -2.72. The van der Waals surface area contributed by atoms with Gasteiger partial charge in [-0.25, -0.2) is 5.43 Å². The van der Waals surface area contributed by atoms with Crippen LogP contribution >= 0.6 is 0 Å². The average molecular weight is 492 g/mol. The van der Waals surface area contributed by atoms with Crippen molar-refractivity contribution < 1.29 is 19.7 Å². The average Bonchev–Trinajstić information content (AvgIpc) is 3.31. The Morgan fingerprint density at radius 1 is 1.22 bits per heavy atom. The molecule has 2 aliphatic heterocycles. The maximum atomic E-state index is 12.7. The van der Waals surface area contributed by atoms with Gasteiger partial charge >= 0.3 is 0 Å². The smallest absolute Gasteiger partial charge is 0.271 e. The number of nitrogens with zero attached hydrogens (tertiary/aromatic N) is 2. The highest BCUT2D eigenvalue weighted by Crippen LogP contribution is 2.71.